The van der Waals surface area contributed by atoms with E-state index in [4.69, 9.17) is 4.74 Å². The summed E-state index contributed by atoms with van der Waals surface area (Å²) in [5.74, 6) is 0.524. The van der Waals surface area contributed by atoms with Crippen molar-refractivity contribution >= 4 is 26.6 Å². The Bertz CT molecular complexity index is 1580. The molecule has 1 N–H and O–H groups in total. The van der Waals surface area contributed by atoms with Gasteiger partial charge in [0.25, 0.3) is 10.0 Å². The molecule has 174 valence electrons. The predicted molar refractivity (Wildman–Crippen MR) is 133 cm³/mol. The zero-order chi connectivity index (χ0) is 24.6. The number of fused-ring (bicyclic) bond motifs is 1. The molecule has 0 amide bonds. The molecule has 0 aliphatic heterocycles. The van der Waals surface area contributed by atoms with E-state index in [-0.39, 0.29) is 16.9 Å². The molecule has 0 saturated carbocycles. The van der Waals surface area contributed by atoms with Crippen LogP contribution in [0.5, 0.6) is 11.5 Å². The first kappa shape index (κ1) is 23.3. The van der Waals surface area contributed by atoms with Gasteiger partial charge >= 0.3 is 0 Å². The zero-order valence-corrected chi connectivity index (χ0v) is 19.7. The van der Waals surface area contributed by atoms with Crippen LogP contribution < -0.4 is 14.9 Å². The van der Waals surface area contributed by atoms with Crippen molar-refractivity contribution in [3.63, 3.8) is 0 Å². The number of hydrogen-bond donors (Lipinski definition) is 1. The third-order valence-corrected chi connectivity index (χ3v) is 6.38. The summed E-state index contributed by atoms with van der Waals surface area (Å²) in [6.45, 7) is 8.53. The van der Waals surface area contributed by atoms with E-state index in [1.807, 2.05) is 6.07 Å². The second kappa shape index (κ2) is 8.79. The molecular formula is C26H23FN2O4S. The first-order valence-electron chi connectivity index (χ1n) is 10.4. The Hall–Kier alpha value is -3.91. The third kappa shape index (κ3) is 4.45. The van der Waals surface area contributed by atoms with E-state index in [9.17, 15) is 17.6 Å². The minimum absolute atomic E-state index is 0.0944. The number of nitrogens with one attached hydrogen (secondary N) is 1. The first-order chi connectivity index (χ1) is 16.1. The van der Waals surface area contributed by atoms with Crippen LogP contribution in [0.4, 0.5) is 10.1 Å². The Morgan fingerprint density at radius 3 is 2.35 bits per heavy atom. The quantitative estimate of drug-likeness (QED) is 0.384. The minimum atomic E-state index is -3.75. The van der Waals surface area contributed by atoms with Crippen LogP contribution in [0.2, 0.25) is 0 Å². The molecular weight excluding hydrogens is 455 g/mol. The Morgan fingerprint density at radius 1 is 1.00 bits per heavy atom. The zero-order valence-electron chi connectivity index (χ0n) is 18.9. The molecule has 34 heavy (non-hydrogen) atoms. The molecule has 3 aromatic carbocycles. The van der Waals surface area contributed by atoms with Gasteiger partial charge in [-0.05, 0) is 74.4 Å². The molecule has 0 aliphatic carbocycles. The van der Waals surface area contributed by atoms with Crippen LogP contribution >= 0.6 is 0 Å². The van der Waals surface area contributed by atoms with Crippen molar-refractivity contribution in [2.24, 2.45) is 0 Å². The second-order valence-corrected chi connectivity index (χ2v) is 9.62. The van der Waals surface area contributed by atoms with Crippen molar-refractivity contribution in [1.82, 2.24) is 4.57 Å². The average Bonchev–Trinajstić information content (AvgIpc) is 2.79. The molecule has 1 aromatic heterocycles. The number of sulfonamides is 1. The highest BCUT2D eigenvalue weighted by atomic mass is 32.2. The van der Waals surface area contributed by atoms with Crippen LogP contribution in [0, 0.1) is 26.6 Å². The highest BCUT2D eigenvalue weighted by Crippen LogP contribution is 2.36. The number of ether oxygens (including phenoxy) is 1. The van der Waals surface area contributed by atoms with Crippen LogP contribution in [0.3, 0.4) is 0 Å². The third-order valence-electron chi connectivity index (χ3n) is 5.42. The van der Waals surface area contributed by atoms with Crippen molar-refractivity contribution in [3.8, 4) is 17.2 Å². The highest BCUT2D eigenvalue weighted by molar-refractivity contribution is 7.95. The van der Waals surface area contributed by atoms with E-state index in [2.05, 4.69) is 11.3 Å². The Labute approximate surface area is 197 Å². The van der Waals surface area contributed by atoms with Crippen molar-refractivity contribution in [3.05, 3.63) is 106 Å². The van der Waals surface area contributed by atoms with Crippen LogP contribution in [0.25, 0.3) is 16.6 Å². The van der Waals surface area contributed by atoms with Gasteiger partial charge in [0.1, 0.15) is 11.6 Å². The van der Waals surface area contributed by atoms with Gasteiger partial charge < -0.3 is 9.30 Å². The Balaban J connectivity index is 1.98. The molecule has 0 spiro atoms. The fraction of sp³-hybridized carbons (Fsp3) is 0.115. The average molecular weight is 479 g/mol. The normalized spacial score (nSPS) is 11.4. The van der Waals surface area contributed by atoms with Crippen molar-refractivity contribution < 1.29 is 17.5 Å². The van der Waals surface area contributed by atoms with Crippen molar-refractivity contribution in [2.45, 2.75) is 20.8 Å². The molecule has 4 aromatic rings. The van der Waals surface area contributed by atoms with E-state index in [0.29, 0.717) is 44.8 Å². The SMILES string of the molecule is C=CS(=O)(=O)Nc1ccc(Oc2c(C)cc(F)cc2C)c(-n2cc(C)c(=O)c3ccccc32)c1. The number of nitrogens with zero attached hydrogens (tertiary/aromatic N) is 1. The van der Waals surface area contributed by atoms with Gasteiger partial charge in [-0.3, -0.25) is 9.52 Å². The van der Waals surface area contributed by atoms with Gasteiger partial charge in [-0.1, -0.05) is 18.7 Å². The number of anilines is 1. The summed E-state index contributed by atoms with van der Waals surface area (Å²) in [4.78, 5) is 12.7. The molecule has 4 rings (SSSR count). The number of halogens is 1. The standard InChI is InChI=1S/C26H23FN2O4S/c1-5-34(31,32)28-20-10-11-24(33-26-16(2)12-19(27)13-17(26)3)23(14-20)29-15-18(4)25(30)21-8-6-7-9-22(21)29/h5-15,28H,1H2,2-4H3. The van der Waals surface area contributed by atoms with Crippen LogP contribution in [0.15, 0.2) is 77.6 Å². The Kier molecular flexibility index (Phi) is 6.01. The summed E-state index contributed by atoms with van der Waals surface area (Å²) >= 11 is 0. The monoisotopic (exact) mass is 478 g/mol. The number of aromatic nitrogens is 1. The van der Waals surface area contributed by atoms with E-state index in [1.165, 1.54) is 12.1 Å². The second-order valence-electron chi connectivity index (χ2n) is 8.00. The lowest BCUT2D eigenvalue weighted by Gasteiger charge is -2.19. The smallest absolute Gasteiger partial charge is 0.254 e. The van der Waals surface area contributed by atoms with E-state index < -0.39 is 10.0 Å². The van der Waals surface area contributed by atoms with Crippen LogP contribution in [-0.4, -0.2) is 13.0 Å². The molecule has 0 saturated heterocycles. The molecule has 0 atom stereocenters. The van der Waals surface area contributed by atoms with Gasteiger partial charge in [0, 0.05) is 22.6 Å². The largest absolute Gasteiger partial charge is 0.455 e. The molecule has 8 heteroatoms. The summed E-state index contributed by atoms with van der Waals surface area (Å²) in [5, 5.41) is 1.33. The number of aryl methyl sites for hydroxylation is 3. The summed E-state index contributed by atoms with van der Waals surface area (Å²) in [6.07, 6.45) is 1.68. The maximum Gasteiger partial charge on any atom is 0.254 e. The summed E-state index contributed by atoms with van der Waals surface area (Å²) in [5.41, 5.74) is 3.04. The van der Waals surface area contributed by atoms with Gasteiger partial charge in [-0.25, -0.2) is 12.8 Å². The summed E-state index contributed by atoms with van der Waals surface area (Å²) in [7, 11) is -3.75. The fourth-order valence-electron chi connectivity index (χ4n) is 3.84. The van der Waals surface area contributed by atoms with Crippen molar-refractivity contribution in [2.75, 3.05) is 4.72 Å². The molecule has 0 unspecified atom stereocenters. The summed E-state index contributed by atoms with van der Waals surface area (Å²) in [6, 6.07) is 14.7. The molecule has 0 aliphatic rings. The fourth-order valence-corrected chi connectivity index (χ4v) is 4.38. The van der Waals surface area contributed by atoms with Gasteiger partial charge in [-0.2, -0.15) is 0 Å². The lowest BCUT2D eigenvalue weighted by molar-refractivity contribution is 0.470. The number of hydrogen-bond acceptors (Lipinski definition) is 4. The molecule has 0 bridgehead atoms. The number of rotatable bonds is 6. The lowest BCUT2D eigenvalue weighted by Crippen LogP contribution is -2.13. The predicted octanol–water partition coefficient (Wildman–Crippen LogP) is 5.73. The van der Waals surface area contributed by atoms with Gasteiger partial charge in [-0.15, -0.1) is 0 Å². The number of pyridine rings is 1. The Morgan fingerprint density at radius 2 is 1.68 bits per heavy atom. The van der Waals surface area contributed by atoms with Crippen molar-refractivity contribution in [1.29, 1.82) is 0 Å². The number of para-hydroxylation sites is 1. The van der Waals surface area contributed by atoms with E-state index >= 15 is 0 Å². The van der Waals surface area contributed by atoms with Gasteiger partial charge in [0.15, 0.2) is 11.2 Å². The van der Waals surface area contributed by atoms with E-state index in [0.717, 1.165) is 5.41 Å². The van der Waals surface area contributed by atoms with Crippen LogP contribution in [0.1, 0.15) is 16.7 Å². The topological polar surface area (TPSA) is 77.4 Å². The summed E-state index contributed by atoms with van der Waals surface area (Å²) < 4.78 is 48.5. The maximum atomic E-state index is 13.8. The lowest BCUT2D eigenvalue weighted by atomic mass is 10.1. The molecule has 0 radical (unpaired) electrons. The first-order valence-corrected chi connectivity index (χ1v) is 12.0. The minimum Gasteiger partial charge on any atom is -0.455 e. The molecule has 6 nitrogen and oxygen atoms in total. The van der Waals surface area contributed by atoms with Gasteiger partial charge in [0.05, 0.1) is 16.9 Å². The van der Waals surface area contributed by atoms with Gasteiger partial charge in [0.2, 0.25) is 0 Å². The molecule has 0 fully saturated rings. The van der Waals surface area contributed by atoms with Crippen LogP contribution in [-0.2, 0) is 10.0 Å². The maximum absolute atomic E-state index is 13.8. The van der Waals surface area contributed by atoms with E-state index in [1.54, 1.807) is 67.9 Å². The molecule has 1 heterocycles. The highest BCUT2D eigenvalue weighted by Gasteiger charge is 2.17. The number of benzene rings is 3.